The smallest absolute Gasteiger partial charge is 0.234 e. The SMILES string of the molecule is [NH]C(=O)C[SiH3]. The van der Waals surface area contributed by atoms with Gasteiger partial charge >= 0.3 is 0 Å². The van der Waals surface area contributed by atoms with Crippen LogP contribution >= 0.6 is 0 Å². The molecule has 0 aliphatic carbocycles. The zero-order valence-corrected chi connectivity index (χ0v) is 5.12. The molecule has 0 aliphatic rings. The summed E-state index contributed by atoms with van der Waals surface area (Å²) in [4.78, 5) is 9.51. The highest BCUT2D eigenvalue weighted by Gasteiger charge is 1.79. The van der Waals surface area contributed by atoms with Crippen molar-refractivity contribution in [2.45, 2.75) is 6.04 Å². The zero-order valence-electron chi connectivity index (χ0n) is 3.12. The summed E-state index contributed by atoms with van der Waals surface area (Å²) in [7, 11) is 0.836. The van der Waals surface area contributed by atoms with E-state index in [1.165, 1.54) is 0 Å². The van der Waals surface area contributed by atoms with E-state index in [0.29, 0.717) is 6.04 Å². The van der Waals surface area contributed by atoms with Crippen LogP contribution in [0.15, 0.2) is 0 Å². The summed E-state index contributed by atoms with van der Waals surface area (Å²) in [5.74, 6) is -0.434. The fourth-order valence-corrected chi connectivity index (χ4v) is 0. The maximum Gasteiger partial charge on any atom is 0.234 e. The van der Waals surface area contributed by atoms with Crippen LogP contribution in [0.2, 0.25) is 6.04 Å². The van der Waals surface area contributed by atoms with Crippen LogP contribution in [0.5, 0.6) is 0 Å². The third-order valence-corrected chi connectivity index (χ3v) is 0.963. The van der Waals surface area contributed by atoms with Crippen LogP contribution in [0, 0.1) is 0 Å². The van der Waals surface area contributed by atoms with E-state index in [2.05, 4.69) is 0 Å². The minimum absolute atomic E-state index is 0.434. The second-order valence-corrected chi connectivity index (χ2v) is 1.48. The Morgan fingerprint density at radius 3 is 2.20 bits per heavy atom. The minimum Gasteiger partial charge on any atom is -0.274 e. The number of carbonyl (C=O) groups is 1. The Hall–Kier alpha value is -0.313. The molecule has 0 atom stereocenters. The maximum absolute atomic E-state index is 9.51. The van der Waals surface area contributed by atoms with Crippen LogP contribution in [0.25, 0.3) is 0 Å². The van der Waals surface area contributed by atoms with Crippen molar-refractivity contribution in [1.29, 1.82) is 0 Å². The zero-order chi connectivity index (χ0) is 4.28. The van der Waals surface area contributed by atoms with Crippen molar-refractivity contribution in [3.63, 3.8) is 0 Å². The summed E-state index contributed by atoms with van der Waals surface area (Å²) in [6.07, 6.45) is 0. The Labute approximate surface area is 33.8 Å². The largest absolute Gasteiger partial charge is 0.274 e. The monoisotopic (exact) mass is 88.0 g/mol. The van der Waals surface area contributed by atoms with Gasteiger partial charge in [-0.05, 0) is 0 Å². The van der Waals surface area contributed by atoms with Gasteiger partial charge in [0.1, 0.15) is 0 Å². The number of rotatable bonds is 1. The van der Waals surface area contributed by atoms with Crippen molar-refractivity contribution in [1.82, 2.24) is 5.73 Å². The molecule has 29 valence electrons. The third-order valence-electron chi connectivity index (χ3n) is 0.321. The lowest BCUT2D eigenvalue weighted by atomic mass is 10.8. The van der Waals surface area contributed by atoms with Gasteiger partial charge in [-0.1, -0.05) is 0 Å². The van der Waals surface area contributed by atoms with E-state index in [1.54, 1.807) is 0 Å². The number of amides is 1. The van der Waals surface area contributed by atoms with Crippen LogP contribution in [-0.2, 0) is 4.79 Å². The first kappa shape index (κ1) is 4.69. The molecule has 0 rings (SSSR count). The molecule has 5 heavy (non-hydrogen) atoms. The Kier molecular flexibility index (Phi) is 1.84. The molecule has 1 radical (unpaired) electrons. The van der Waals surface area contributed by atoms with Crippen molar-refractivity contribution in [3.05, 3.63) is 0 Å². The standard InChI is InChI=1S/C2H6NOSi/c3-2(4)1-5/h3H,1H2,5H3. The van der Waals surface area contributed by atoms with E-state index in [9.17, 15) is 4.79 Å². The average Bonchev–Trinajstić information content (AvgIpc) is 1.38. The molecule has 1 amide bonds. The number of nitrogens with one attached hydrogen (secondary N) is 1. The molecule has 0 bridgehead atoms. The molecule has 0 unspecified atom stereocenters. The summed E-state index contributed by atoms with van der Waals surface area (Å²) < 4.78 is 0. The Morgan fingerprint density at radius 2 is 2.20 bits per heavy atom. The fraction of sp³-hybridized carbons (Fsp3) is 0.500. The molecule has 0 spiro atoms. The summed E-state index contributed by atoms with van der Waals surface area (Å²) in [5.41, 5.74) is 6.22. The van der Waals surface area contributed by atoms with Crippen molar-refractivity contribution in [2.24, 2.45) is 0 Å². The normalized spacial score (nSPS) is 8.00. The second kappa shape index (κ2) is 1.96. The van der Waals surface area contributed by atoms with Gasteiger partial charge in [0.15, 0.2) is 0 Å². The summed E-state index contributed by atoms with van der Waals surface area (Å²) in [6, 6.07) is 0.472. The van der Waals surface area contributed by atoms with E-state index in [-0.39, 0.29) is 0 Å². The van der Waals surface area contributed by atoms with E-state index in [4.69, 9.17) is 5.73 Å². The van der Waals surface area contributed by atoms with E-state index in [0.717, 1.165) is 10.2 Å². The summed E-state index contributed by atoms with van der Waals surface area (Å²) in [6.45, 7) is 0. The Morgan fingerprint density at radius 1 is 2.00 bits per heavy atom. The molecule has 0 fully saturated rings. The lowest BCUT2D eigenvalue weighted by molar-refractivity contribution is -0.116. The molecule has 2 nitrogen and oxygen atoms in total. The molecule has 0 saturated heterocycles. The van der Waals surface area contributed by atoms with Gasteiger partial charge in [-0.25, -0.2) is 0 Å². The van der Waals surface area contributed by atoms with Gasteiger partial charge in [-0.2, -0.15) is 0 Å². The van der Waals surface area contributed by atoms with E-state index in [1.807, 2.05) is 0 Å². The predicted octanol–water partition coefficient (Wildman–Crippen LogP) is -1.42. The van der Waals surface area contributed by atoms with Gasteiger partial charge in [0, 0.05) is 16.3 Å². The molecule has 1 N–H and O–H groups in total. The van der Waals surface area contributed by atoms with Gasteiger partial charge in [-0.15, -0.1) is 0 Å². The van der Waals surface area contributed by atoms with Gasteiger partial charge in [0.25, 0.3) is 0 Å². The maximum atomic E-state index is 9.51. The molecule has 0 aromatic heterocycles. The molecule has 0 saturated carbocycles. The molecule has 3 heteroatoms. The van der Waals surface area contributed by atoms with Crippen molar-refractivity contribution >= 4 is 16.1 Å². The van der Waals surface area contributed by atoms with E-state index >= 15 is 0 Å². The van der Waals surface area contributed by atoms with Crippen molar-refractivity contribution in [3.8, 4) is 0 Å². The first-order valence-electron chi connectivity index (χ1n) is 1.51. The highest BCUT2D eigenvalue weighted by molar-refractivity contribution is 6.19. The predicted molar refractivity (Wildman–Crippen MR) is 22.8 cm³/mol. The minimum atomic E-state index is -0.434. The van der Waals surface area contributed by atoms with Crippen LogP contribution in [0.1, 0.15) is 0 Å². The Bertz CT molecular complexity index is 44.9. The lowest BCUT2D eigenvalue weighted by Crippen LogP contribution is -1.92. The third kappa shape index (κ3) is 3.69. The van der Waals surface area contributed by atoms with Gasteiger partial charge in [0.2, 0.25) is 5.91 Å². The van der Waals surface area contributed by atoms with Gasteiger partial charge in [0.05, 0.1) is 0 Å². The first-order chi connectivity index (χ1) is 2.27. The van der Waals surface area contributed by atoms with Crippen LogP contribution in [0.4, 0.5) is 0 Å². The molecule has 0 aromatic carbocycles. The molecule has 0 aliphatic heterocycles. The first-order valence-corrected chi connectivity index (χ1v) is 2.93. The van der Waals surface area contributed by atoms with E-state index < -0.39 is 5.91 Å². The van der Waals surface area contributed by atoms with Gasteiger partial charge < -0.3 is 0 Å². The number of hydrogen-bond donors (Lipinski definition) is 0. The van der Waals surface area contributed by atoms with Crippen LogP contribution in [-0.4, -0.2) is 16.1 Å². The van der Waals surface area contributed by atoms with Crippen molar-refractivity contribution in [2.75, 3.05) is 0 Å². The topological polar surface area (TPSA) is 40.9 Å². The van der Waals surface area contributed by atoms with Crippen molar-refractivity contribution < 1.29 is 4.79 Å². The Balaban J connectivity index is 2.85. The highest BCUT2D eigenvalue weighted by atomic mass is 28.1. The average molecular weight is 88.2 g/mol. The highest BCUT2D eigenvalue weighted by Crippen LogP contribution is 1.61. The molecule has 0 aromatic rings. The summed E-state index contributed by atoms with van der Waals surface area (Å²) >= 11 is 0. The van der Waals surface area contributed by atoms with Crippen LogP contribution in [0.3, 0.4) is 0 Å². The lowest BCUT2D eigenvalue weighted by Gasteiger charge is -1.70. The fourth-order valence-electron chi connectivity index (χ4n) is 0. The molecule has 0 heterocycles. The second-order valence-electron chi connectivity index (χ2n) is 0.777. The molecular formula is C2H6NOSi. The number of hydrogen-bond acceptors (Lipinski definition) is 1. The van der Waals surface area contributed by atoms with Gasteiger partial charge in [-0.3, -0.25) is 10.5 Å². The van der Waals surface area contributed by atoms with Crippen LogP contribution < -0.4 is 5.73 Å². The quantitative estimate of drug-likeness (QED) is 0.363. The molecular weight excluding hydrogens is 82.1 g/mol. The number of carbonyl (C=O) groups excluding carboxylic acids is 1. The summed E-state index contributed by atoms with van der Waals surface area (Å²) in [5, 5.41) is 0.